The molecule has 0 aromatic heterocycles. The van der Waals surface area contributed by atoms with E-state index in [-0.39, 0.29) is 28.8 Å². The van der Waals surface area contributed by atoms with Crippen LogP contribution in [0.3, 0.4) is 0 Å². The van der Waals surface area contributed by atoms with Crippen LogP contribution < -0.4 is 4.89 Å². The zero-order valence-electron chi connectivity index (χ0n) is 9.83. The summed E-state index contributed by atoms with van der Waals surface area (Å²) in [5, 5.41) is 10.2. The molecule has 0 saturated heterocycles. The van der Waals surface area contributed by atoms with Crippen LogP contribution in [0.1, 0.15) is 0 Å². The van der Waals surface area contributed by atoms with Gasteiger partial charge in [-0.05, 0) is 6.07 Å². The number of sulfonamides is 1. The van der Waals surface area contributed by atoms with Crippen molar-refractivity contribution >= 4 is 27.3 Å². The highest BCUT2D eigenvalue weighted by Crippen LogP contribution is 2.25. The highest BCUT2D eigenvalue weighted by Gasteiger charge is 2.20. The molecule has 1 rings (SSSR count). The Morgan fingerprint density at radius 1 is 1.42 bits per heavy atom. The van der Waals surface area contributed by atoms with Crippen molar-refractivity contribution in [2.24, 2.45) is 0 Å². The molecule has 1 N–H and O–H groups in total. The molecule has 0 fully saturated rings. The molecule has 1 aromatic rings. The SMILES string of the molecule is COCCONS(=O)(=O)c1ccc([N+](=O)[O-])cc1Cl. The maximum Gasteiger partial charge on any atom is 0.271 e. The summed E-state index contributed by atoms with van der Waals surface area (Å²) in [5.41, 5.74) is -0.302. The van der Waals surface area contributed by atoms with Crippen molar-refractivity contribution in [3.8, 4) is 0 Å². The lowest BCUT2D eigenvalue weighted by Gasteiger charge is -2.08. The van der Waals surface area contributed by atoms with E-state index in [0.717, 1.165) is 18.2 Å². The Labute approximate surface area is 114 Å². The largest absolute Gasteiger partial charge is 0.382 e. The lowest BCUT2D eigenvalue weighted by atomic mass is 10.3. The first-order valence-corrected chi connectivity index (χ1v) is 6.81. The summed E-state index contributed by atoms with van der Waals surface area (Å²) in [5.74, 6) is 0. The van der Waals surface area contributed by atoms with Crippen molar-refractivity contribution in [1.29, 1.82) is 0 Å². The molecule has 0 aliphatic carbocycles. The van der Waals surface area contributed by atoms with Gasteiger partial charge in [0.05, 0.1) is 23.2 Å². The minimum Gasteiger partial charge on any atom is -0.382 e. The zero-order valence-corrected chi connectivity index (χ0v) is 11.4. The van der Waals surface area contributed by atoms with Crippen LogP contribution in [-0.4, -0.2) is 33.7 Å². The van der Waals surface area contributed by atoms with Gasteiger partial charge in [0, 0.05) is 19.2 Å². The van der Waals surface area contributed by atoms with Crippen molar-refractivity contribution in [3.05, 3.63) is 33.3 Å². The summed E-state index contributed by atoms with van der Waals surface area (Å²) >= 11 is 5.69. The van der Waals surface area contributed by atoms with E-state index in [1.165, 1.54) is 7.11 Å². The minimum absolute atomic E-state index is 0.0142. The van der Waals surface area contributed by atoms with Gasteiger partial charge in [0.25, 0.3) is 15.7 Å². The van der Waals surface area contributed by atoms with E-state index in [9.17, 15) is 18.5 Å². The van der Waals surface area contributed by atoms with Gasteiger partial charge in [0.2, 0.25) is 0 Å². The predicted molar refractivity (Wildman–Crippen MR) is 66.3 cm³/mol. The molecule has 0 atom stereocenters. The molecule has 106 valence electrons. The Hall–Kier alpha value is -1.26. The molecule has 19 heavy (non-hydrogen) atoms. The van der Waals surface area contributed by atoms with Gasteiger partial charge in [-0.2, -0.15) is 0 Å². The maximum absolute atomic E-state index is 11.8. The fraction of sp³-hybridized carbons (Fsp3) is 0.333. The van der Waals surface area contributed by atoms with Crippen LogP contribution in [0.5, 0.6) is 0 Å². The van der Waals surface area contributed by atoms with Crippen LogP contribution >= 0.6 is 11.6 Å². The average molecular weight is 311 g/mol. The van der Waals surface area contributed by atoms with Crippen LogP contribution in [0.15, 0.2) is 23.1 Å². The van der Waals surface area contributed by atoms with Crippen LogP contribution in [0.4, 0.5) is 5.69 Å². The number of nitrogens with zero attached hydrogens (tertiary/aromatic N) is 1. The molecule has 0 amide bonds. The number of benzene rings is 1. The smallest absolute Gasteiger partial charge is 0.271 e. The first-order chi connectivity index (χ1) is 8.88. The maximum atomic E-state index is 11.8. The number of ether oxygens (including phenoxy) is 1. The number of nitrogens with one attached hydrogen (secondary N) is 1. The second kappa shape index (κ2) is 6.78. The van der Waals surface area contributed by atoms with Crippen molar-refractivity contribution < 1.29 is 22.9 Å². The lowest BCUT2D eigenvalue weighted by molar-refractivity contribution is -0.384. The highest BCUT2D eigenvalue weighted by molar-refractivity contribution is 7.89. The van der Waals surface area contributed by atoms with Crippen LogP contribution in [0, 0.1) is 10.1 Å². The quantitative estimate of drug-likeness (QED) is 0.459. The third-order valence-electron chi connectivity index (χ3n) is 1.97. The van der Waals surface area contributed by atoms with E-state index < -0.39 is 14.9 Å². The number of non-ortho nitro benzene ring substituents is 1. The summed E-state index contributed by atoms with van der Waals surface area (Å²) in [4.78, 5) is 16.0. The second-order valence-corrected chi connectivity index (χ2v) is 5.32. The number of nitro groups is 1. The molecule has 0 aliphatic rings. The zero-order chi connectivity index (χ0) is 14.5. The van der Waals surface area contributed by atoms with E-state index in [1.807, 2.05) is 4.89 Å². The molecule has 0 saturated carbocycles. The molecule has 0 spiro atoms. The number of halogens is 1. The van der Waals surface area contributed by atoms with Crippen molar-refractivity contribution in [2.75, 3.05) is 20.3 Å². The normalized spacial score (nSPS) is 11.5. The van der Waals surface area contributed by atoms with Crippen LogP contribution in [-0.2, 0) is 19.6 Å². The van der Waals surface area contributed by atoms with Gasteiger partial charge in [0.15, 0.2) is 0 Å². The predicted octanol–water partition coefficient (Wildman–Crippen LogP) is 1.10. The van der Waals surface area contributed by atoms with Crippen molar-refractivity contribution in [3.63, 3.8) is 0 Å². The van der Waals surface area contributed by atoms with E-state index in [4.69, 9.17) is 11.6 Å². The summed E-state index contributed by atoms with van der Waals surface area (Å²) in [6, 6.07) is 3.02. The Bertz CT molecular complexity index is 562. The Morgan fingerprint density at radius 3 is 2.63 bits per heavy atom. The Balaban J connectivity index is 2.87. The van der Waals surface area contributed by atoms with Gasteiger partial charge in [-0.15, -0.1) is 0 Å². The molecule has 0 unspecified atom stereocenters. The molecule has 1 aromatic carbocycles. The average Bonchev–Trinajstić information content (AvgIpc) is 2.34. The van der Waals surface area contributed by atoms with Gasteiger partial charge < -0.3 is 4.74 Å². The number of rotatable bonds is 7. The lowest BCUT2D eigenvalue weighted by Crippen LogP contribution is -2.26. The van der Waals surface area contributed by atoms with Crippen LogP contribution in [0.2, 0.25) is 5.02 Å². The number of methoxy groups -OCH3 is 1. The van der Waals surface area contributed by atoms with Crippen molar-refractivity contribution in [2.45, 2.75) is 4.90 Å². The molecular weight excluding hydrogens is 300 g/mol. The number of hydrogen-bond donors (Lipinski definition) is 1. The van der Waals surface area contributed by atoms with Crippen LogP contribution in [0.25, 0.3) is 0 Å². The molecule has 8 nitrogen and oxygen atoms in total. The van der Waals surface area contributed by atoms with Gasteiger partial charge in [0.1, 0.15) is 4.90 Å². The molecule has 10 heteroatoms. The standard InChI is InChI=1S/C9H11ClN2O6S/c1-17-4-5-18-11-19(15,16)9-3-2-7(12(13)14)6-8(9)10/h2-3,6,11H,4-5H2,1H3. The third kappa shape index (κ3) is 4.40. The summed E-state index contributed by atoms with van der Waals surface area (Å²) in [6.07, 6.45) is 0. The monoisotopic (exact) mass is 310 g/mol. The molecular formula is C9H11ClN2O6S. The number of hydrogen-bond acceptors (Lipinski definition) is 6. The van der Waals surface area contributed by atoms with Gasteiger partial charge in [-0.1, -0.05) is 16.5 Å². The fourth-order valence-corrected chi connectivity index (χ4v) is 2.48. The van der Waals surface area contributed by atoms with Gasteiger partial charge >= 0.3 is 0 Å². The van der Waals surface area contributed by atoms with Gasteiger partial charge in [-0.25, -0.2) is 8.42 Å². The summed E-state index contributed by atoms with van der Waals surface area (Å²) in [6.45, 7) is 0.219. The fourth-order valence-electron chi connectivity index (χ4n) is 1.11. The molecule has 0 bridgehead atoms. The third-order valence-corrected chi connectivity index (χ3v) is 3.67. The minimum atomic E-state index is -4.00. The Kier molecular flexibility index (Phi) is 5.63. The van der Waals surface area contributed by atoms with E-state index in [0.29, 0.717) is 0 Å². The van der Waals surface area contributed by atoms with E-state index in [2.05, 4.69) is 9.57 Å². The molecule has 0 heterocycles. The van der Waals surface area contributed by atoms with E-state index in [1.54, 1.807) is 0 Å². The highest BCUT2D eigenvalue weighted by atomic mass is 35.5. The topological polar surface area (TPSA) is 108 Å². The summed E-state index contributed by atoms with van der Waals surface area (Å²) in [7, 11) is -2.56. The van der Waals surface area contributed by atoms with E-state index >= 15 is 0 Å². The van der Waals surface area contributed by atoms with Crippen molar-refractivity contribution in [1.82, 2.24) is 4.89 Å². The summed E-state index contributed by atoms with van der Waals surface area (Å²) < 4.78 is 28.2. The first kappa shape index (κ1) is 15.8. The van der Waals surface area contributed by atoms with Gasteiger partial charge in [-0.3, -0.25) is 15.0 Å². The first-order valence-electron chi connectivity index (χ1n) is 4.95. The number of nitro benzene ring substituents is 1. The Morgan fingerprint density at radius 2 is 2.11 bits per heavy atom. The second-order valence-electron chi connectivity index (χ2n) is 3.30. The molecule has 0 radical (unpaired) electrons. The molecule has 0 aliphatic heterocycles.